The molecule has 0 fully saturated rings. The second kappa shape index (κ2) is 7.41. The van der Waals surface area contributed by atoms with Crippen LogP contribution in [0, 0.1) is 0 Å². The minimum atomic E-state index is -0.0929. The number of anilines is 1. The Kier molecular flexibility index (Phi) is 4.86. The van der Waals surface area contributed by atoms with Gasteiger partial charge < -0.3 is 14.1 Å². The highest BCUT2D eigenvalue weighted by Gasteiger charge is 2.14. The van der Waals surface area contributed by atoms with Gasteiger partial charge in [-0.15, -0.1) is 10.2 Å². The molecule has 0 radical (unpaired) electrons. The van der Waals surface area contributed by atoms with Crippen LogP contribution >= 0.6 is 0 Å². The van der Waals surface area contributed by atoms with Crippen LogP contribution in [0.15, 0.2) is 65.4 Å². The van der Waals surface area contributed by atoms with Gasteiger partial charge in [0.15, 0.2) is 6.61 Å². The number of nitrogens with zero attached hydrogens (tertiary/aromatic N) is 3. The molecule has 0 aliphatic heterocycles. The molecule has 6 nitrogen and oxygen atoms in total. The van der Waals surface area contributed by atoms with Gasteiger partial charge in [-0.25, -0.2) is 0 Å². The number of hydrogen-bond acceptors (Lipinski definition) is 5. The molecule has 0 spiro atoms. The van der Waals surface area contributed by atoms with Crippen LogP contribution in [0.4, 0.5) is 5.69 Å². The maximum Gasteiger partial charge on any atom is 0.264 e. The fraction of sp³-hybridized carbons (Fsp3) is 0.167. The molecule has 24 heavy (non-hydrogen) atoms. The van der Waals surface area contributed by atoms with Gasteiger partial charge in [-0.05, 0) is 43.3 Å². The Morgan fingerprint density at radius 3 is 2.50 bits per heavy atom. The van der Waals surface area contributed by atoms with Crippen LogP contribution in [0.1, 0.15) is 6.92 Å². The van der Waals surface area contributed by atoms with Gasteiger partial charge in [-0.1, -0.05) is 18.2 Å². The molecule has 0 saturated heterocycles. The zero-order chi connectivity index (χ0) is 16.8. The number of amides is 1. The summed E-state index contributed by atoms with van der Waals surface area (Å²) in [5, 5.41) is 7.48. The van der Waals surface area contributed by atoms with Gasteiger partial charge in [-0.3, -0.25) is 4.79 Å². The van der Waals surface area contributed by atoms with Crippen molar-refractivity contribution in [1.29, 1.82) is 0 Å². The predicted molar refractivity (Wildman–Crippen MR) is 89.7 cm³/mol. The molecule has 1 aromatic heterocycles. The Hall–Kier alpha value is -3.15. The van der Waals surface area contributed by atoms with E-state index in [-0.39, 0.29) is 12.5 Å². The molecule has 3 aromatic rings. The highest BCUT2D eigenvalue weighted by molar-refractivity contribution is 5.94. The molecule has 0 aliphatic carbocycles. The van der Waals surface area contributed by atoms with Crippen molar-refractivity contribution in [2.45, 2.75) is 6.92 Å². The van der Waals surface area contributed by atoms with E-state index in [1.165, 1.54) is 6.39 Å². The van der Waals surface area contributed by atoms with Gasteiger partial charge >= 0.3 is 0 Å². The first-order valence-corrected chi connectivity index (χ1v) is 7.62. The highest BCUT2D eigenvalue weighted by Crippen LogP contribution is 2.20. The summed E-state index contributed by atoms with van der Waals surface area (Å²) < 4.78 is 10.7. The zero-order valence-corrected chi connectivity index (χ0v) is 13.3. The van der Waals surface area contributed by atoms with Crippen molar-refractivity contribution in [3.8, 4) is 17.2 Å². The van der Waals surface area contributed by atoms with E-state index < -0.39 is 0 Å². The minimum Gasteiger partial charge on any atom is -0.484 e. The monoisotopic (exact) mass is 323 g/mol. The molecule has 3 rings (SSSR count). The van der Waals surface area contributed by atoms with Gasteiger partial charge in [0.2, 0.25) is 12.3 Å². The molecule has 0 bridgehead atoms. The molecule has 1 heterocycles. The number of benzene rings is 2. The molecule has 0 saturated carbocycles. The fourth-order valence-electron chi connectivity index (χ4n) is 2.33. The average Bonchev–Trinajstić information content (AvgIpc) is 3.17. The number of hydrogen-bond donors (Lipinski definition) is 0. The topological polar surface area (TPSA) is 68.5 Å². The second-order valence-corrected chi connectivity index (χ2v) is 5.03. The lowest BCUT2D eigenvalue weighted by atomic mass is 10.2. The normalized spacial score (nSPS) is 10.4. The van der Waals surface area contributed by atoms with Crippen LogP contribution in [0.5, 0.6) is 5.75 Å². The number of aromatic nitrogens is 2. The summed E-state index contributed by atoms with van der Waals surface area (Å²) in [7, 11) is 0. The van der Waals surface area contributed by atoms with E-state index in [0.717, 1.165) is 11.3 Å². The number of likely N-dealkylation sites (N-methyl/N-ethyl adjacent to an activating group) is 1. The van der Waals surface area contributed by atoms with E-state index in [0.29, 0.717) is 18.2 Å². The molecule has 0 aliphatic rings. The minimum absolute atomic E-state index is 0.0252. The lowest BCUT2D eigenvalue weighted by Crippen LogP contribution is -2.34. The number of ether oxygens (including phenoxy) is 1. The van der Waals surface area contributed by atoms with Gasteiger partial charge in [0.1, 0.15) is 5.75 Å². The third-order valence-electron chi connectivity index (χ3n) is 3.51. The van der Waals surface area contributed by atoms with Crippen molar-refractivity contribution in [3.05, 3.63) is 61.0 Å². The Morgan fingerprint density at radius 2 is 1.88 bits per heavy atom. The molecular weight excluding hydrogens is 306 g/mol. The number of para-hydroxylation sites is 1. The smallest absolute Gasteiger partial charge is 0.264 e. The van der Waals surface area contributed by atoms with E-state index in [1.54, 1.807) is 17.0 Å². The summed E-state index contributed by atoms with van der Waals surface area (Å²) in [4.78, 5) is 14.1. The van der Waals surface area contributed by atoms with Crippen molar-refractivity contribution < 1.29 is 13.9 Å². The first-order chi connectivity index (χ1) is 11.8. The van der Waals surface area contributed by atoms with E-state index in [1.807, 2.05) is 49.4 Å². The Labute approximate surface area is 139 Å². The van der Waals surface area contributed by atoms with E-state index in [4.69, 9.17) is 9.15 Å². The average molecular weight is 323 g/mol. The Bertz CT molecular complexity index is 771. The summed E-state index contributed by atoms with van der Waals surface area (Å²) in [5.41, 5.74) is 1.66. The van der Waals surface area contributed by atoms with Crippen LogP contribution in [0.25, 0.3) is 11.5 Å². The largest absolute Gasteiger partial charge is 0.484 e. The van der Waals surface area contributed by atoms with Crippen LogP contribution in [-0.2, 0) is 4.79 Å². The second-order valence-electron chi connectivity index (χ2n) is 5.03. The van der Waals surface area contributed by atoms with Crippen molar-refractivity contribution >= 4 is 11.6 Å². The van der Waals surface area contributed by atoms with Crippen molar-refractivity contribution in [1.82, 2.24) is 10.2 Å². The fourth-order valence-corrected chi connectivity index (χ4v) is 2.33. The van der Waals surface area contributed by atoms with Crippen LogP contribution in [0.2, 0.25) is 0 Å². The van der Waals surface area contributed by atoms with Crippen molar-refractivity contribution in [2.24, 2.45) is 0 Å². The van der Waals surface area contributed by atoms with Gasteiger partial charge in [-0.2, -0.15) is 0 Å². The molecule has 0 N–H and O–H groups in total. The van der Waals surface area contributed by atoms with E-state index in [9.17, 15) is 4.79 Å². The molecular formula is C18H17N3O3. The summed E-state index contributed by atoms with van der Waals surface area (Å²) in [5.74, 6) is 0.958. The standard InChI is InChI=1S/C18H17N3O3/c1-2-21(15-6-4-3-5-7-15)17(22)12-23-16-10-8-14(9-11-16)18-20-19-13-24-18/h3-11,13H,2,12H2,1H3. The Morgan fingerprint density at radius 1 is 1.12 bits per heavy atom. The summed E-state index contributed by atoms with van der Waals surface area (Å²) in [6, 6.07) is 16.7. The van der Waals surface area contributed by atoms with Gasteiger partial charge in [0, 0.05) is 17.8 Å². The van der Waals surface area contributed by atoms with Crippen molar-refractivity contribution in [3.63, 3.8) is 0 Å². The number of carbonyl (C=O) groups excluding carboxylic acids is 1. The maximum atomic E-state index is 12.4. The summed E-state index contributed by atoms with van der Waals surface area (Å²) >= 11 is 0. The first-order valence-electron chi connectivity index (χ1n) is 7.62. The molecule has 1 amide bonds. The zero-order valence-electron chi connectivity index (χ0n) is 13.3. The van der Waals surface area contributed by atoms with Crippen molar-refractivity contribution in [2.75, 3.05) is 18.1 Å². The third kappa shape index (κ3) is 3.60. The van der Waals surface area contributed by atoms with Crippen LogP contribution < -0.4 is 9.64 Å². The highest BCUT2D eigenvalue weighted by atomic mass is 16.5. The summed E-state index contributed by atoms with van der Waals surface area (Å²) in [6.07, 6.45) is 1.28. The lowest BCUT2D eigenvalue weighted by Gasteiger charge is -2.21. The van der Waals surface area contributed by atoms with E-state index in [2.05, 4.69) is 10.2 Å². The number of rotatable bonds is 6. The first kappa shape index (κ1) is 15.7. The van der Waals surface area contributed by atoms with Crippen LogP contribution in [0.3, 0.4) is 0 Å². The number of carbonyl (C=O) groups is 1. The lowest BCUT2D eigenvalue weighted by molar-refractivity contribution is -0.120. The third-order valence-corrected chi connectivity index (χ3v) is 3.51. The quantitative estimate of drug-likeness (QED) is 0.697. The maximum absolute atomic E-state index is 12.4. The van der Waals surface area contributed by atoms with E-state index >= 15 is 0 Å². The van der Waals surface area contributed by atoms with Gasteiger partial charge in [0.05, 0.1) is 0 Å². The molecule has 6 heteroatoms. The Balaban J connectivity index is 1.61. The molecule has 2 aromatic carbocycles. The summed E-state index contributed by atoms with van der Waals surface area (Å²) in [6.45, 7) is 2.50. The molecule has 0 unspecified atom stereocenters. The molecule has 122 valence electrons. The van der Waals surface area contributed by atoms with Crippen LogP contribution in [-0.4, -0.2) is 29.3 Å². The molecule has 0 atom stereocenters. The van der Waals surface area contributed by atoms with Gasteiger partial charge in [0.25, 0.3) is 5.91 Å². The predicted octanol–water partition coefficient (Wildman–Crippen LogP) is 3.17. The SMILES string of the molecule is CCN(C(=O)COc1ccc(-c2nnco2)cc1)c1ccccc1.